The van der Waals surface area contributed by atoms with E-state index in [1.54, 1.807) is 12.1 Å². The first-order valence-corrected chi connectivity index (χ1v) is 11.3. The molecule has 2 aliphatic rings. The van der Waals surface area contributed by atoms with Crippen molar-refractivity contribution in [2.75, 3.05) is 31.8 Å². The predicted octanol–water partition coefficient (Wildman–Crippen LogP) is 5.49. The molecule has 1 aliphatic heterocycles. The van der Waals surface area contributed by atoms with Crippen molar-refractivity contribution in [3.8, 4) is 17.0 Å². The maximum absolute atomic E-state index is 15.1. The number of halogens is 2. The fourth-order valence-corrected chi connectivity index (χ4v) is 4.61. The highest BCUT2D eigenvalue weighted by molar-refractivity contribution is 5.81. The van der Waals surface area contributed by atoms with Gasteiger partial charge in [-0.1, -0.05) is 6.07 Å². The van der Waals surface area contributed by atoms with Gasteiger partial charge in [-0.05, 0) is 74.7 Å². The van der Waals surface area contributed by atoms with Gasteiger partial charge < -0.3 is 19.5 Å². The Labute approximate surface area is 196 Å². The Bertz CT molecular complexity index is 1290. The van der Waals surface area contributed by atoms with Crippen molar-refractivity contribution in [2.24, 2.45) is 0 Å². The SMILES string of the molecule is Cc1cc(OCCF)cc(C)c1-c1nc2cccc(F)n2c1NC1(C)C=C2OCCOC2=CC1. The summed E-state index contributed by atoms with van der Waals surface area (Å²) in [7, 11) is 0. The summed E-state index contributed by atoms with van der Waals surface area (Å²) < 4.78 is 46.1. The topological polar surface area (TPSA) is 57.0 Å². The Morgan fingerprint density at radius 3 is 2.62 bits per heavy atom. The monoisotopic (exact) mass is 467 g/mol. The van der Waals surface area contributed by atoms with Crippen LogP contribution in [-0.4, -0.2) is 41.4 Å². The standard InChI is InChI=1S/C26H27F2N3O3/c1-16-13-18(32-10-9-27)14-17(2)23(16)24-25(31-21(28)5-4-6-22(31)29-24)30-26(3)8-7-19-20(15-26)34-12-11-33-19/h4-7,13-15,30H,8-12H2,1-3H3. The minimum absolute atomic E-state index is 0.00107. The molecule has 0 radical (unpaired) electrons. The fraction of sp³-hybridized carbons (Fsp3) is 0.346. The van der Waals surface area contributed by atoms with Gasteiger partial charge in [0.25, 0.3) is 0 Å². The van der Waals surface area contributed by atoms with Crippen LogP contribution in [0, 0.1) is 19.8 Å². The number of alkyl halides is 1. The molecule has 5 rings (SSSR count). The zero-order valence-electron chi connectivity index (χ0n) is 19.5. The number of pyridine rings is 1. The lowest BCUT2D eigenvalue weighted by Crippen LogP contribution is -2.36. The van der Waals surface area contributed by atoms with Crippen LogP contribution in [0.25, 0.3) is 16.9 Å². The molecular weight excluding hydrogens is 440 g/mol. The molecule has 8 heteroatoms. The van der Waals surface area contributed by atoms with Crippen LogP contribution < -0.4 is 10.1 Å². The number of anilines is 1. The summed E-state index contributed by atoms with van der Waals surface area (Å²) in [6, 6.07) is 8.54. The van der Waals surface area contributed by atoms with Crippen LogP contribution in [0.1, 0.15) is 24.5 Å². The molecule has 34 heavy (non-hydrogen) atoms. The number of ether oxygens (including phenoxy) is 3. The average molecular weight is 468 g/mol. The minimum atomic E-state index is -0.557. The van der Waals surface area contributed by atoms with E-state index in [-0.39, 0.29) is 6.61 Å². The molecule has 2 aromatic heterocycles. The van der Waals surface area contributed by atoms with Crippen molar-refractivity contribution < 1.29 is 23.0 Å². The first-order valence-electron chi connectivity index (χ1n) is 11.3. The van der Waals surface area contributed by atoms with Gasteiger partial charge in [0, 0.05) is 5.56 Å². The average Bonchev–Trinajstić information content (AvgIpc) is 3.15. The van der Waals surface area contributed by atoms with E-state index < -0.39 is 18.2 Å². The summed E-state index contributed by atoms with van der Waals surface area (Å²) in [4.78, 5) is 4.80. The maximum atomic E-state index is 15.1. The Hall–Kier alpha value is -3.55. The molecule has 1 saturated heterocycles. The number of nitrogens with one attached hydrogen (secondary N) is 1. The van der Waals surface area contributed by atoms with Crippen LogP contribution in [0.2, 0.25) is 0 Å². The van der Waals surface area contributed by atoms with E-state index in [2.05, 4.69) is 5.32 Å². The van der Waals surface area contributed by atoms with Crippen LogP contribution in [-0.2, 0) is 9.47 Å². The molecule has 0 bridgehead atoms. The third-order valence-electron chi connectivity index (χ3n) is 6.09. The fourth-order valence-electron chi connectivity index (χ4n) is 4.61. The van der Waals surface area contributed by atoms with Crippen molar-refractivity contribution in [3.05, 3.63) is 71.1 Å². The van der Waals surface area contributed by atoms with Gasteiger partial charge in [-0.25, -0.2) is 9.37 Å². The molecule has 6 nitrogen and oxygen atoms in total. The molecule has 1 aliphatic carbocycles. The number of imidazole rings is 1. The number of fused-ring (bicyclic) bond motifs is 2. The first kappa shape index (κ1) is 22.3. The van der Waals surface area contributed by atoms with E-state index >= 15 is 4.39 Å². The molecule has 0 saturated carbocycles. The number of hydrogen-bond acceptors (Lipinski definition) is 5. The summed E-state index contributed by atoms with van der Waals surface area (Å²) in [5.74, 6) is 2.15. The normalized spacial score (nSPS) is 19.6. The number of aromatic nitrogens is 2. The van der Waals surface area contributed by atoms with Gasteiger partial charge in [0.15, 0.2) is 11.5 Å². The highest BCUT2D eigenvalue weighted by Crippen LogP contribution is 2.39. The van der Waals surface area contributed by atoms with Gasteiger partial charge in [0.05, 0.1) is 5.54 Å². The lowest BCUT2D eigenvalue weighted by molar-refractivity contribution is 0.0554. The number of benzene rings is 1. The third kappa shape index (κ3) is 3.97. The quantitative estimate of drug-likeness (QED) is 0.486. The number of aryl methyl sites for hydroxylation is 2. The lowest BCUT2D eigenvalue weighted by atomic mass is 9.91. The highest BCUT2D eigenvalue weighted by atomic mass is 19.1. The predicted molar refractivity (Wildman–Crippen MR) is 126 cm³/mol. The van der Waals surface area contributed by atoms with Crippen LogP contribution in [0.5, 0.6) is 5.75 Å². The van der Waals surface area contributed by atoms with Gasteiger partial charge in [0.1, 0.15) is 49.4 Å². The maximum Gasteiger partial charge on any atom is 0.201 e. The van der Waals surface area contributed by atoms with Crippen molar-refractivity contribution in [2.45, 2.75) is 32.7 Å². The van der Waals surface area contributed by atoms with E-state index in [1.807, 2.05) is 45.1 Å². The smallest absolute Gasteiger partial charge is 0.201 e. The van der Waals surface area contributed by atoms with Gasteiger partial charge in [-0.15, -0.1) is 0 Å². The van der Waals surface area contributed by atoms with E-state index in [4.69, 9.17) is 19.2 Å². The lowest BCUT2D eigenvalue weighted by Gasteiger charge is -2.34. The number of nitrogens with zero attached hydrogens (tertiary/aromatic N) is 2. The van der Waals surface area contributed by atoms with Crippen LogP contribution in [0.3, 0.4) is 0 Å². The molecule has 0 amide bonds. The molecule has 1 N–H and O–H groups in total. The van der Waals surface area contributed by atoms with Crippen molar-refractivity contribution >= 4 is 11.5 Å². The van der Waals surface area contributed by atoms with Crippen LogP contribution in [0.4, 0.5) is 14.6 Å². The second-order valence-electron chi connectivity index (χ2n) is 8.84. The largest absolute Gasteiger partial charge is 0.491 e. The molecule has 3 aromatic rings. The molecule has 1 aromatic carbocycles. The Morgan fingerprint density at radius 2 is 1.88 bits per heavy atom. The van der Waals surface area contributed by atoms with E-state index in [9.17, 15) is 4.39 Å². The zero-order valence-corrected chi connectivity index (χ0v) is 19.5. The summed E-state index contributed by atoms with van der Waals surface area (Å²) >= 11 is 0. The molecular formula is C26H27F2N3O3. The Kier molecular flexibility index (Phi) is 5.67. The second-order valence-corrected chi connectivity index (χ2v) is 8.84. The summed E-state index contributed by atoms with van der Waals surface area (Å²) in [6.07, 6.45) is 4.61. The molecule has 1 fully saturated rings. The van der Waals surface area contributed by atoms with Gasteiger partial charge in [-0.2, -0.15) is 4.39 Å². The second kappa shape index (κ2) is 8.66. The Morgan fingerprint density at radius 1 is 1.15 bits per heavy atom. The highest BCUT2D eigenvalue weighted by Gasteiger charge is 2.32. The summed E-state index contributed by atoms with van der Waals surface area (Å²) in [5.41, 5.74) is 3.25. The van der Waals surface area contributed by atoms with Crippen molar-refractivity contribution in [3.63, 3.8) is 0 Å². The molecule has 178 valence electrons. The third-order valence-corrected chi connectivity index (χ3v) is 6.09. The molecule has 1 atom stereocenters. The van der Waals surface area contributed by atoms with Gasteiger partial charge in [0.2, 0.25) is 5.95 Å². The molecule has 1 unspecified atom stereocenters. The van der Waals surface area contributed by atoms with Crippen LogP contribution >= 0.6 is 0 Å². The number of hydrogen-bond donors (Lipinski definition) is 1. The summed E-state index contributed by atoms with van der Waals surface area (Å²) in [6.45, 7) is 6.38. The van der Waals surface area contributed by atoms with Crippen molar-refractivity contribution in [1.29, 1.82) is 0 Å². The first-order chi connectivity index (χ1) is 16.4. The van der Waals surface area contributed by atoms with E-state index in [0.717, 1.165) is 22.4 Å². The summed E-state index contributed by atoms with van der Waals surface area (Å²) in [5, 5.41) is 3.55. The van der Waals surface area contributed by atoms with E-state index in [1.165, 1.54) is 10.5 Å². The minimum Gasteiger partial charge on any atom is -0.491 e. The van der Waals surface area contributed by atoms with Crippen molar-refractivity contribution in [1.82, 2.24) is 9.38 Å². The van der Waals surface area contributed by atoms with E-state index in [0.29, 0.717) is 48.3 Å². The van der Waals surface area contributed by atoms with Gasteiger partial charge in [-0.3, -0.25) is 4.40 Å². The van der Waals surface area contributed by atoms with Crippen LogP contribution in [0.15, 0.2) is 54.0 Å². The molecule has 0 spiro atoms. The van der Waals surface area contributed by atoms with Gasteiger partial charge >= 0.3 is 0 Å². The zero-order chi connectivity index (χ0) is 23.9. The Balaban J connectivity index is 1.62. The number of rotatable bonds is 6. The molecule has 3 heterocycles.